The first kappa shape index (κ1) is 20.1. The fourth-order valence-corrected chi connectivity index (χ4v) is 4.44. The van der Waals surface area contributed by atoms with Crippen molar-refractivity contribution in [1.82, 2.24) is 4.90 Å². The first-order valence-electron chi connectivity index (χ1n) is 10.6. The molecule has 32 heavy (non-hydrogen) atoms. The molecule has 2 aromatic carbocycles. The lowest BCUT2D eigenvalue weighted by atomic mass is 9.97. The summed E-state index contributed by atoms with van der Waals surface area (Å²) in [5.74, 6) is 0.290. The van der Waals surface area contributed by atoms with E-state index in [9.17, 15) is 14.7 Å². The number of amides is 1. The second-order valence-electron chi connectivity index (χ2n) is 8.32. The Kier molecular flexibility index (Phi) is 4.85. The summed E-state index contributed by atoms with van der Waals surface area (Å²) >= 11 is 0. The molecule has 0 aliphatic carbocycles. The van der Waals surface area contributed by atoms with Crippen molar-refractivity contribution < 1.29 is 23.8 Å². The van der Waals surface area contributed by atoms with E-state index in [0.717, 1.165) is 23.3 Å². The van der Waals surface area contributed by atoms with E-state index in [1.807, 2.05) is 43.3 Å². The highest BCUT2D eigenvalue weighted by molar-refractivity contribution is 6.46. The van der Waals surface area contributed by atoms with Gasteiger partial charge < -0.3 is 19.2 Å². The Morgan fingerprint density at radius 3 is 2.59 bits per heavy atom. The smallest absolute Gasteiger partial charge is 0.296 e. The normalized spacial score (nSPS) is 21.6. The van der Waals surface area contributed by atoms with E-state index < -0.39 is 17.7 Å². The van der Waals surface area contributed by atoms with Crippen LogP contribution in [0.1, 0.15) is 41.2 Å². The summed E-state index contributed by atoms with van der Waals surface area (Å²) in [6.07, 6.45) is 0.782. The molecule has 6 nitrogen and oxygen atoms in total. The molecule has 2 aliphatic heterocycles. The van der Waals surface area contributed by atoms with Crippen LogP contribution in [-0.4, -0.2) is 27.8 Å². The van der Waals surface area contributed by atoms with E-state index in [0.29, 0.717) is 17.1 Å². The third-order valence-corrected chi connectivity index (χ3v) is 5.94. The number of ketones is 1. The van der Waals surface area contributed by atoms with Gasteiger partial charge in [0.1, 0.15) is 35.2 Å². The largest absolute Gasteiger partial charge is 0.507 e. The number of aliphatic hydroxyl groups excluding tert-OH is 1. The predicted molar refractivity (Wildman–Crippen MR) is 118 cm³/mol. The number of aryl methyl sites for hydroxylation is 1. The fourth-order valence-electron chi connectivity index (χ4n) is 4.44. The zero-order valence-corrected chi connectivity index (χ0v) is 17.9. The summed E-state index contributed by atoms with van der Waals surface area (Å²) in [7, 11) is 0. The summed E-state index contributed by atoms with van der Waals surface area (Å²) in [5, 5.41) is 11.2. The number of fused-ring (bicyclic) bond motifs is 1. The van der Waals surface area contributed by atoms with Crippen LogP contribution in [0.4, 0.5) is 0 Å². The number of hydrogen-bond donors (Lipinski definition) is 1. The molecule has 0 unspecified atom stereocenters. The van der Waals surface area contributed by atoms with E-state index in [1.54, 1.807) is 31.2 Å². The highest BCUT2D eigenvalue weighted by Gasteiger charge is 2.47. The Morgan fingerprint density at radius 2 is 1.88 bits per heavy atom. The monoisotopic (exact) mass is 429 g/mol. The lowest BCUT2D eigenvalue weighted by Gasteiger charge is -2.23. The molecule has 0 bridgehead atoms. The van der Waals surface area contributed by atoms with Gasteiger partial charge in [0, 0.05) is 18.5 Å². The molecule has 3 aromatic rings. The zero-order valence-electron chi connectivity index (χ0n) is 17.9. The molecule has 1 saturated heterocycles. The van der Waals surface area contributed by atoms with Gasteiger partial charge in [-0.3, -0.25) is 9.59 Å². The quantitative estimate of drug-likeness (QED) is 0.374. The Labute approximate surface area is 185 Å². The molecule has 2 aliphatic rings. The summed E-state index contributed by atoms with van der Waals surface area (Å²) in [5.41, 5.74) is 2.36. The van der Waals surface area contributed by atoms with E-state index in [1.165, 1.54) is 4.90 Å². The summed E-state index contributed by atoms with van der Waals surface area (Å²) in [6, 6.07) is 17.5. The van der Waals surface area contributed by atoms with Crippen molar-refractivity contribution in [3.05, 3.63) is 94.4 Å². The standard InChI is InChI=1S/C26H23NO5/c1-15-8-10-21(31-15)23-22(24(28)18-9-11-20-19(13-18)12-16(2)32-20)25(29)26(30)27(23)14-17-6-4-3-5-7-17/h3-11,13,16,23,28H,12,14H2,1-2H3/b24-22+/t16-,23+/m1/s1. The summed E-state index contributed by atoms with van der Waals surface area (Å²) < 4.78 is 11.6. The number of furan rings is 1. The average molecular weight is 429 g/mol. The van der Waals surface area contributed by atoms with Crippen LogP contribution in [0.5, 0.6) is 5.75 Å². The van der Waals surface area contributed by atoms with Crippen molar-refractivity contribution in [3.8, 4) is 5.75 Å². The highest BCUT2D eigenvalue weighted by atomic mass is 16.5. The summed E-state index contributed by atoms with van der Waals surface area (Å²) in [4.78, 5) is 27.6. The van der Waals surface area contributed by atoms with E-state index in [-0.39, 0.29) is 24.0 Å². The number of hydrogen-bond acceptors (Lipinski definition) is 5. The van der Waals surface area contributed by atoms with Crippen molar-refractivity contribution in [3.63, 3.8) is 0 Å². The van der Waals surface area contributed by atoms with Gasteiger partial charge in [0.15, 0.2) is 0 Å². The lowest BCUT2D eigenvalue weighted by molar-refractivity contribution is -0.140. The van der Waals surface area contributed by atoms with Gasteiger partial charge in [0.25, 0.3) is 11.7 Å². The number of carbonyl (C=O) groups is 2. The number of carbonyl (C=O) groups excluding carboxylic acids is 2. The van der Waals surface area contributed by atoms with Crippen molar-refractivity contribution in [2.75, 3.05) is 0 Å². The number of likely N-dealkylation sites (tertiary alicyclic amines) is 1. The lowest BCUT2D eigenvalue weighted by Crippen LogP contribution is -2.29. The molecule has 6 heteroatoms. The molecule has 1 aromatic heterocycles. The molecule has 5 rings (SSSR count). The number of benzene rings is 2. The Morgan fingerprint density at radius 1 is 1.09 bits per heavy atom. The minimum absolute atomic E-state index is 0.0344. The zero-order chi connectivity index (χ0) is 22.4. The van der Waals surface area contributed by atoms with Gasteiger partial charge in [-0.15, -0.1) is 0 Å². The van der Waals surface area contributed by atoms with Crippen LogP contribution in [0.2, 0.25) is 0 Å². The maximum absolute atomic E-state index is 13.1. The maximum atomic E-state index is 13.1. The van der Waals surface area contributed by atoms with Crippen LogP contribution >= 0.6 is 0 Å². The minimum Gasteiger partial charge on any atom is -0.507 e. The molecule has 0 radical (unpaired) electrons. The number of rotatable bonds is 4. The van der Waals surface area contributed by atoms with Crippen molar-refractivity contribution >= 4 is 17.4 Å². The van der Waals surface area contributed by atoms with Gasteiger partial charge in [-0.25, -0.2) is 0 Å². The molecule has 1 amide bonds. The van der Waals surface area contributed by atoms with Crippen LogP contribution in [0.25, 0.3) is 5.76 Å². The fraction of sp³-hybridized carbons (Fsp3) is 0.231. The highest BCUT2D eigenvalue weighted by Crippen LogP contribution is 2.41. The van der Waals surface area contributed by atoms with Crippen LogP contribution < -0.4 is 4.74 Å². The van der Waals surface area contributed by atoms with Crippen molar-refractivity contribution in [2.45, 2.75) is 39.0 Å². The molecule has 0 saturated carbocycles. The van der Waals surface area contributed by atoms with Gasteiger partial charge >= 0.3 is 0 Å². The minimum atomic E-state index is -0.813. The Balaban J connectivity index is 1.62. The third-order valence-electron chi connectivity index (χ3n) is 5.94. The van der Waals surface area contributed by atoms with Crippen LogP contribution in [0.3, 0.4) is 0 Å². The molecular formula is C26H23NO5. The second kappa shape index (κ2) is 7.71. The number of Topliss-reactive ketones (excluding diaryl/α,β-unsaturated/α-hetero) is 1. The topological polar surface area (TPSA) is 80.0 Å². The van der Waals surface area contributed by atoms with E-state index >= 15 is 0 Å². The molecule has 0 spiro atoms. The van der Waals surface area contributed by atoms with Gasteiger partial charge in [0.2, 0.25) is 0 Å². The second-order valence-corrected chi connectivity index (χ2v) is 8.32. The van der Waals surface area contributed by atoms with Gasteiger partial charge in [-0.2, -0.15) is 0 Å². The first-order valence-corrected chi connectivity index (χ1v) is 10.6. The van der Waals surface area contributed by atoms with Gasteiger partial charge in [0.05, 0.1) is 5.57 Å². The molecule has 1 fully saturated rings. The first-order chi connectivity index (χ1) is 15.4. The summed E-state index contributed by atoms with van der Waals surface area (Å²) in [6.45, 7) is 4.00. The van der Waals surface area contributed by atoms with Crippen LogP contribution in [0.15, 0.2) is 70.7 Å². The van der Waals surface area contributed by atoms with E-state index in [2.05, 4.69) is 0 Å². The van der Waals surface area contributed by atoms with Crippen LogP contribution in [-0.2, 0) is 22.6 Å². The molecule has 2 atom stereocenters. The number of aliphatic hydroxyl groups is 1. The van der Waals surface area contributed by atoms with Crippen LogP contribution in [0, 0.1) is 6.92 Å². The molecule has 162 valence electrons. The Bertz CT molecular complexity index is 1240. The third kappa shape index (κ3) is 3.38. The average Bonchev–Trinajstić information content (AvgIpc) is 3.44. The SMILES string of the molecule is Cc1ccc([C@H]2/C(=C(\O)c3ccc4c(c3)C[C@@H](C)O4)C(=O)C(=O)N2Cc2ccccc2)o1. The molecule has 1 N–H and O–H groups in total. The van der Waals surface area contributed by atoms with Gasteiger partial charge in [-0.1, -0.05) is 30.3 Å². The molecular weight excluding hydrogens is 406 g/mol. The van der Waals surface area contributed by atoms with Crippen molar-refractivity contribution in [1.29, 1.82) is 0 Å². The van der Waals surface area contributed by atoms with Crippen molar-refractivity contribution in [2.24, 2.45) is 0 Å². The van der Waals surface area contributed by atoms with E-state index in [4.69, 9.17) is 9.15 Å². The Hall–Kier alpha value is -3.80. The number of nitrogens with zero attached hydrogens (tertiary/aromatic N) is 1. The number of ether oxygens (including phenoxy) is 1. The predicted octanol–water partition coefficient (Wildman–Crippen LogP) is 4.53. The molecule has 3 heterocycles. The van der Waals surface area contributed by atoms with Gasteiger partial charge in [-0.05, 0) is 55.3 Å². The maximum Gasteiger partial charge on any atom is 0.296 e.